The molecule has 2 aromatic carbocycles. The van der Waals surface area contributed by atoms with Crippen molar-refractivity contribution in [2.75, 3.05) is 6.54 Å². The van der Waals surface area contributed by atoms with Crippen molar-refractivity contribution in [3.8, 4) is 10.6 Å². The van der Waals surface area contributed by atoms with Crippen LogP contribution < -0.4 is 0 Å². The van der Waals surface area contributed by atoms with Crippen molar-refractivity contribution in [3.63, 3.8) is 0 Å². The molecule has 0 saturated heterocycles. The van der Waals surface area contributed by atoms with Gasteiger partial charge in [0.25, 0.3) is 5.91 Å². The first-order valence-corrected chi connectivity index (χ1v) is 8.50. The fraction of sp³-hybridized carbons (Fsp3) is 0.158. The molecular weight excluding hydrogens is 304 g/mol. The van der Waals surface area contributed by atoms with Crippen LogP contribution in [0.15, 0.2) is 66.0 Å². The number of thiazole rings is 1. The molecule has 1 amide bonds. The molecule has 116 valence electrons. The van der Waals surface area contributed by atoms with Crippen LogP contribution in [0, 0.1) is 0 Å². The number of aromatic nitrogens is 1. The van der Waals surface area contributed by atoms with E-state index in [1.807, 2.05) is 77.9 Å². The Labute approximate surface area is 140 Å². The summed E-state index contributed by atoms with van der Waals surface area (Å²) < 4.78 is 0. The summed E-state index contributed by atoms with van der Waals surface area (Å²) in [5.74, 6) is -0.0187. The number of hydrogen-bond donors (Lipinski definition) is 0. The van der Waals surface area contributed by atoms with Gasteiger partial charge in [-0.1, -0.05) is 60.7 Å². The van der Waals surface area contributed by atoms with Crippen molar-refractivity contribution in [3.05, 3.63) is 77.3 Å². The Morgan fingerprint density at radius 2 is 1.70 bits per heavy atom. The van der Waals surface area contributed by atoms with Crippen LogP contribution in [0.2, 0.25) is 0 Å². The molecule has 0 atom stereocenters. The summed E-state index contributed by atoms with van der Waals surface area (Å²) in [6.07, 6.45) is 0. The molecule has 1 aromatic heterocycles. The molecule has 1 heterocycles. The SMILES string of the molecule is CCN(Cc1ccccc1)C(=O)c1csc(-c2ccccc2)n1. The molecule has 3 aromatic rings. The Morgan fingerprint density at radius 1 is 1.04 bits per heavy atom. The van der Waals surface area contributed by atoms with Crippen molar-refractivity contribution in [2.45, 2.75) is 13.5 Å². The maximum absolute atomic E-state index is 12.7. The number of benzene rings is 2. The summed E-state index contributed by atoms with van der Waals surface area (Å²) in [6, 6.07) is 20.0. The summed E-state index contributed by atoms with van der Waals surface area (Å²) in [6.45, 7) is 3.26. The van der Waals surface area contributed by atoms with Crippen LogP contribution in [0.3, 0.4) is 0 Å². The molecule has 0 bridgehead atoms. The predicted octanol–water partition coefficient (Wildman–Crippen LogP) is 4.47. The van der Waals surface area contributed by atoms with Gasteiger partial charge in [0, 0.05) is 24.0 Å². The third kappa shape index (κ3) is 3.66. The highest BCUT2D eigenvalue weighted by molar-refractivity contribution is 7.13. The zero-order valence-electron chi connectivity index (χ0n) is 13.0. The molecule has 0 aliphatic rings. The molecule has 0 N–H and O–H groups in total. The van der Waals surface area contributed by atoms with E-state index in [4.69, 9.17) is 0 Å². The predicted molar refractivity (Wildman–Crippen MR) is 94.4 cm³/mol. The zero-order valence-corrected chi connectivity index (χ0v) is 13.8. The van der Waals surface area contributed by atoms with E-state index in [1.54, 1.807) is 0 Å². The van der Waals surface area contributed by atoms with Gasteiger partial charge in [0.05, 0.1) is 0 Å². The summed E-state index contributed by atoms with van der Waals surface area (Å²) in [7, 11) is 0. The minimum atomic E-state index is -0.0187. The van der Waals surface area contributed by atoms with Gasteiger partial charge in [0.2, 0.25) is 0 Å². The maximum atomic E-state index is 12.7. The lowest BCUT2D eigenvalue weighted by atomic mass is 10.2. The molecule has 0 radical (unpaired) electrons. The third-order valence-corrected chi connectivity index (χ3v) is 4.52. The third-order valence-electron chi connectivity index (χ3n) is 3.63. The van der Waals surface area contributed by atoms with Crippen LogP contribution in [0.4, 0.5) is 0 Å². The number of rotatable bonds is 5. The van der Waals surface area contributed by atoms with Gasteiger partial charge in [-0.25, -0.2) is 4.98 Å². The number of carbonyl (C=O) groups excluding carboxylic acids is 1. The standard InChI is InChI=1S/C19H18N2OS/c1-2-21(13-15-9-5-3-6-10-15)19(22)17-14-23-18(20-17)16-11-7-4-8-12-16/h3-12,14H,2,13H2,1H3. The van der Waals surface area contributed by atoms with Crippen LogP contribution in [0.1, 0.15) is 23.0 Å². The van der Waals surface area contributed by atoms with E-state index in [-0.39, 0.29) is 5.91 Å². The fourth-order valence-corrected chi connectivity index (χ4v) is 3.18. The van der Waals surface area contributed by atoms with E-state index < -0.39 is 0 Å². The van der Waals surface area contributed by atoms with Crippen molar-refractivity contribution in [1.29, 1.82) is 0 Å². The highest BCUT2D eigenvalue weighted by atomic mass is 32.1. The van der Waals surface area contributed by atoms with Gasteiger partial charge in [-0.2, -0.15) is 0 Å². The molecule has 0 aliphatic heterocycles. The van der Waals surface area contributed by atoms with E-state index in [2.05, 4.69) is 4.98 Å². The van der Waals surface area contributed by atoms with Crippen LogP contribution in [0.25, 0.3) is 10.6 Å². The largest absolute Gasteiger partial charge is 0.333 e. The van der Waals surface area contributed by atoms with Crippen molar-refractivity contribution in [1.82, 2.24) is 9.88 Å². The molecule has 0 unspecified atom stereocenters. The van der Waals surface area contributed by atoms with Gasteiger partial charge in [-0.15, -0.1) is 11.3 Å². The number of amides is 1. The van der Waals surface area contributed by atoms with Crippen LogP contribution in [0.5, 0.6) is 0 Å². The molecule has 0 saturated carbocycles. The number of nitrogens with zero attached hydrogens (tertiary/aromatic N) is 2. The smallest absolute Gasteiger partial charge is 0.273 e. The number of carbonyl (C=O) groups is 1. The average molecular weight is 322 g/mol. The minimum absolute atomic E-state index is 0.0187. The Kier molecular flexibility index (Phi) is 4.83. The highest BCUT2D eigenvalue weighted by Gasteiger charge is 2.18. The van der Waals surface area contributed by atoms with E-state index >= 15 is 0 Å². The first-order valence-electron chi connectivity index (χ1n) is 7.62. The van der Waals surface area contributed by atoms with Gasteiger partial charge < -0.3 is 4.90 Å². The highest BCUT2D eigenvalue weighted by Crippen LogP contribution is 2.24. The lowest BCUT2D eigenvalue weighted by Crippen LogP contribution is -2.30. The molecule has 3 rings (SSSR count). The normalized spacial score (nSPS) is 10.5. The second kappa shape index (κ2) is 7.20. The zero-order chi connectivity index (χ0) is 16.1. The van der Waals surface area contributed by atoms with Gasteiger partial charge in [0.1, 0.15) is 10.7 Å². The summed E-state index contributed by atoms with van der Waals surface area (Å²) in [5.41, 5.74) is 2.69. The maximum Gasteiger partial charge on any atom is 0.273 e. The Bertz CT molecular complexity index is 768. The van der Waals surface area contributed by atoms with Gasteiger partial charge >= 0.3 is 0 Å². The van der Waals surface area contributed by atoms with Crippen LogP contribution in [-0.2, 0) is 6.54 Å². The van der Waals surface area contributed by atoms with E-state index in [9.17, 15) is 4.79 Å². The van der Waals surface area contributed by atoms with Crippen LogP contribution in [-0.4, -0.2) is 22.3 Å². The topological polar surface area (TPSA) is 33.2 Å². The summed E-state index contributed by atoms with van der Waals surface area (Å²) in [4.78, 5) is 19.0. The second-order valence-electron chi connectivity index (χ2n) is 5.21. The monoisotopic (exact) mass is 322 g/mol. The van der Waals surface area contributed by atoms with Gasteiger partial charge in [-0.3, -0.25) is 4.79 Å². The Morgan fingerprint density at radius 3 is 2.35 bits per heavy atom. The fourth-order valence-electron chi connectivity index (χ4n) is 2.38. The molecule has 0 aliphatic carbocycles. The number of hydrogen-bond acceptors (Lipinski definition) is 3. The Balaban J connectivity index is 1.78. The van der Waals surface area contributed by atoms with E-state index in [0.29, 0.717) is 18.8 Å². The Hall–Kier alpha value is -2.46. The molecule has 4 heteroatoms. The summed E-state index contributed by atoms with van der Waals surface area (Å²) in [5, 5.41) is 2.72. The van der Waals surface area contributed by atoms with Crippen molar-refractivity contribution < 1.29 is 4.79 Å². The van der Waals surface area contributed by atoms with Gasteiger partial charge in [-0.05, 0) is 12.5 Å². The summed E-state index contributed by atoms with van der Waals surface area (Å²) >= 11 is 1.51. The van der Waals surface area contributed by atoms with Gasteiger partial charge in [0.15, 0.2) is 0 Å². The molecule has 0 spiro atoms. The van der Waals surface area contributed by atoms with Crippen LogP contribution >= 0.6 is 11.3 Å². The average Bonchev–Trinajstić information content (AvgIpc) is 3.11. The minimum Gasteiger partial charge on any atom is -0.333 e. The lowest BCUT2D eigenvalue weighted by molar-refractivity contribution is 0.0747. The lowest BCUT2D eigenvalue weighted by Gasteiger charge is -2.19. The first-order chi connectivity index (χ1) is 11.3. The molecule has 0 fully saturated rings. The van der Waals surface area contributed by atoms with E-state index in [0.717, 1.165) is 16.1 Å². The van der Waals surface area contributed by atoms with Crippen molar-refractivity contribution in [2.24, 2.45) is 0 Å². The first kappa shape index (κ1) is 15.4. The molecule has 3 nitrogen and oxygen atoms in total. The molecule has 23 heavy (non-hydrogen) atoms. The molecular formula is C19H18N2OS. The second-order valence-corrected chi connectivity index (χ2v) is 6.07. The van der Waals surface area contributed by atoms with Crippen molar-refractivity contribution >= 4 is 17.2 Å². The quantitative estimate of drug-likeness (QED) is 0.694. The van der Waals surface area contributed by atoms with E-state index in [1.165, 1.54) is 11.3 Å².